The molecule has 2 aromatic carbocycles. The van der Waals surface area contributed by atoms with Gasteiger partial charge in [-0.05, 0) is 70.5 Å². The summed E-state index contributed by atoms with van der Waals surface area (Å²) in [5.74, 6) is 2.22. The van der Waals surface area contributed by atoms with Crippen molar-refractivity contribution in [3.8, 4) is 23.8 Å². The van der Waals surface area contributed by atoms with Gasteiger partial charge in [0.1, 0.15) is 0 Å². The summed E-state index contributed by atoms with van der Waals surface area (Å²) in [6, 6.07) is 10.8. The van der Waals surface area contributed by atoms with E-state index in [0.29, 0.717) is 27.2 Å². The van der Waals surface area contributed by atoms with Crippen LogP contribution in [0, 0.1) is 19.3 Å². The van der Waals surface area contributed by atoms with E-state index >= 15 is 0 Å². The molecule has 0 bridgehead atoms. The van der Waals surface area contributed by atoms with Gasteiger partial charge in [0.2, 0.25) is 0 Å². The quantitative estimate of drug-likeness (QED) is 0.433. The maximum atomic E-state index is 12.4. The van der Waals surface area contributed by atoms with Crippen LogP contribution in [0.25, 0.3) is 6.08 Å². The van der Waals surface area contributed by atoms with Gasteiger partial charge < -0.3 is 14.8 Å². The van der Waals surface area contributed by atoms with Crippen molar-refractivity contribution in [3.05, 3.63) is 56.9 Å². The number of carbonyl (C=O) groups excluding carboxylic acids is 3. The van der Waals surface area contributed by atoms with Crippen LogP contribution in [0.3, 0.4) is 0 Å². The van der Waals surface area contributed by atoms with E-state index in [2.05, 4.69) is 27.2 Å². The minimum Gasteiger partial charge on any atom is -0.493 e. The summed E-state index contributed by atoms with van der Waals surface area (Å²) < 4.78 is 11.6. The zero-order valence-electron chi connectivity index (χ0n) is 17.3. The second-order valence-corrected chi connectivity index (χ2v) is 8.56. The second-order valence-electron chi connectivity index (χ2n) is 6.71. The minimum atomic E-state index is -0.443. The van der Waals surface area contributed by atoms with Crippen molar-refractivity contribution in [2.45, 2.75) is 6.92 Å². The van der Waals surface area contributed by atoms with Crippen molar-refractivity contribution >= 4 is 56.5 Å². The fourth-order valence-corrected chi connectivity index (χ4v) is 4.23. The van der Waals surface area contributed by atoms with E-state index < -0.39 is 11.1 Å². The van der Waals surface area contributed by atoms with Crippen LogP contribution in [0.4, 0.5) is 10.5 Å². The third-order valence-corrected chi connectivity index (χ3v) is 5.85. The first-order chi connectivity index (χ1) is 15.3. The molecule has 1 aliphatic rings. The van der Waals surface area contributed by atoms with Gasteiger partial charge in [0.05, 0.1) is 23.0 Å². The summed E-state index contributed by atoms with van der Waals surface area (Å²) in [4.78, 5) is 37.8. The first-order valence-electron chi connectivity index (χ1n) is 9.38. The molecule has 1 N–H and O–H groups in total. The molecule has 0 radical (unpaired) electrons. The second kappa shape index (κ2) is 10.4. The number of methoxy groups -OCH3 is 1. The number of imide groups is 1. The van der Waals surface area contributed by atoms with Gasteiger partial charge in [-0.3, -0.25) is 19.3 Å². The highest BCUT2D eigenvalue weighted by atomic mass is 79.9. The Kier molecular flexibility index (Phi) is 7.62. The van der Waals surface area contributed by atoms with E-state index in [9.17, 15) is 14.4 Å². The average Bonchev–Trinajstić information content (AvgIpc) is 3.02. The van der Waals surface area contributed by atoms with Crippen molar-refractivity contribution in [2.75, 3.05) is 25.6 Å². The molecular weight excluding hydrogens is 496 g/mol. The maximum Gasteiger partial charge on any atom is 0.294 e. The lowest BCUT2D eigenvalue weighted by Gasteiger charge is -2.14. The standard InChI is InChI=1S/C23H19BrN2O5S/c1-4-9-26-22(28)19(32-23(26)29)12-15-10-17(24)21(18(11-15)30-3)31-13-20(27)25-16-7-5-14(2)6-8-16/h1,5-8,10-12H,9,13H2,2-3H3,(H,25,27)/b19-12+. The SMILES string of the molecule is C#CCN1C(=O)S/C(=C/c2cc(Br)c(OCC(=O)Nc3ccc(C)cc3)c(OC)c2)C1=O. The number of amides is 3. The number of rotatable bonds is 7. The highest BCUT2D eigenvalue weighted by molar-refractivity contribution is 9.10. The maximum absolute atomic E-state index is 12.4. The number of anilines is 1. The predicted molar refractivity (Wildman–Crippen MR) is 128 cm³/mol. The van der Waals surface area contributed by atoms with Crippen LogP contribution < -0.4 is 14.8 Å². The molecule has 32 heavy (non-hydrogen) atoms. The van der Waals surface area contributed by atoms with Gasteiger partial charge in [0.25, 0.3) is 17.1 Å². The Labute approximate surface area is 198 Å². The third kappa shape index (κ3) is 5.52. The number of terminal acetylenes is 1. The van der Waals surface area contributed by atoms with Crippen molar-refractivity contribution in [2.24, 2.45) is 0 Å². The third-order valence-electron chi connectivity index (χ3n) is 4.36. The van der Waals surface area contributed by atoms with Crippen LogP contribution in [0.2, 0.25) is 0 Å². The summed E-state index contributed by atoms with van der Waals surface area (Å²) in [5, 5.41) is 2.35. The molecule has 0 aromatic heterocycles. The Morgan fingerprint density at radius 3 is 2.66 bits per heavy atom. The molecule has 3 amide bonds. The van der Waals surface area contributed by atoms with Crippen LogP contribution >= 0.6 is 27.7 Å². The van der Waals surface area contributed by atoms with Gasteiger partial charge in [0, 0.05) is 5.69 Å². The Hall–Kier alpha value is -3.22. The number of aryl methyl sites for hydroxylation is 1. The van der Waals surface area contributed by atoms with Gasteiger partial charge in [-0.2, -0.15) is 0 Å². The monoisotopic (exact) mass is 514 g/mol. The summed E-state index contributed by atoms with van der Waals surface area (Å²) >= 11 is 4.23. The summed E-state index contributed by atoms with van der Waals surface area (Å²) in [6.07, 6.45) is 6.79. The molecule has 0 spiro atoms. The summed E-state index contributed by atoms with van der Waals surface area (Å²) in [7, 11) is 1.46. The molecule has 7 nitrogen and oxygen atoms in total. The summed E-state index contributed by atoms with van der Waals surface area (Å²) in [6.45, 7) is 1.66. The van der Waals surface area contributed by atoms with Crippen LogP contribution in [-0.2, 0) is 9.59 Å². The van der Waals surface area contributed by atoms with Gasteiger partial charge in [-0.1, -0.05) is 23.6 Å². The van der Waals surface area contributed by atoms with Gasteiger partial charge in [-0.15, -0.1) is 6.42 Å². The molecule has 164 valence electrons. The predicted octanol–water partition coefficient (Wildman–Crippen LogP) is 4.45. The highest BCUT2D eigenvalue weighted by Gasteiger charge is 2.34. The molecule has 1 aliphatic heterocycles. The molecule has 1 heterocycles. The number of hydrogen-bond donors (Lipinski definition) is 1. The lowest BCUT2D eigenvalue weighted by Crippen LogP contribution is -2.28. The van der Waals surface area contributed by atoms with Crippen LogP contribution in [0.15, 0.2) is 45.8 Å². The zero-order valence-corrected chi connectivity index (χ0v) is 19.7. The average molecular weight is 515 g/mol. The van der Waals surface area contributed by atoms with Gasteiger partial charge >= 0.3 is 0 Å². The summed E-state index contributed by atoms with van der Waals surface area (Å²) in [5.41, 5.74) is 2.37. The Morgan fingerprint density at radius 2 is 2.00 bits per heavy atom. The van der Waals surface area contributed by atoms with E-state index in [1.807, 2.05) is 31.2 Å². The molecule has 3 rings (SSSR count). The molecule has 9 heteroatoms. The lowest BCUT2D eigenvalue weighted by atomic mass is 10.2. The molecule has 0 unspecified atom stereocenters. The fourth-order valence-electron chi connectivity index (χ4n) is 2.81. The highest BCUT2D eigenvalue weighted by Crippen LogP contribution is 2.39. The first kappa shape index (κ1) is 23.4. The number of ether oxygens (including phenoxy) is 2. The minimum absolute atomic E-state index is 0.0769. The van der Waals surface area contributed by atoms with Crippen LogP contribution in [-0.4, -0.2) is 42.2 Å². The number of thioether (sulfide) groups is 1. The molecule has 0 atom stereocenters. The smallest absolute Gasteiger partial charge is 0.294 e. The largest absolute Gasteiger partial charge is 0.493 e. The molecule has 2 aromatic rings. The lowest BCUT2D eigenvalue weighted by molar-refractivity contribution is -0.122. The van der Waals surface area contributed by atoms with Crippen LogP contribution in [0.5, 0.6) is 11.5 Å². The zero-order chi connectivity index (χ0) is 23.3. The number of halogens is 1. The fraction of sp³-hybridized carbons (Fsp3) is 0.174. The molecule has 1 fully saturated rings. The topological polar surface area (TPSA) is 84.9 Å². The van der Waals surface area contributed by atoms with Crippen molar-refractivity contribution < 1.29 is 23.9 Å². The van der Waals surface area contributed by atoms with E-state index in [0.717, 1.165) is 22.2 Å². The Balaban J connectivity index is 1.73. The van der Waals surface area contributed by atoms with Gasteiger partial charge in [-0.25, -0.2) is 0 Å². The number of hydrogen-bond acceptors (Lipinski definition) is 6. The van der Waals surface area contributed by atoms with E-state index in [1.54, 1.807) is 18.2 Å². The molecular formula is C23H19BrN2O5S. The Bertz CT molecular complexity index is 1140. The van der Waals surface area contributed by atoms with Gasteiger partial charge in [0.15, 0.2) is 18.1 Å². The normalized spacial score (nSPS) is 14.4. The number of benzene rings is 2. The van der Waals surface area contributed by atoms with E-state index in [1.165, 1.54) is 7.11 Å². The Morgan fingerprint density at radius 1 is 1.28 bits per heavy atom. The van der Waals surface area contributed by atoms with E-state index in [4.69, 9.17) is 15.9 Å². The van der Waals surface area contributed by atoms with Crippen molar-refractivity contribution in [1.82, 2.24) is 4.90 Å². The molecule has 0 aliphatic carbocycles. The number of nitrogens with one attached hydrogen (secondary N) is 1. The first-order valence-corrected chi connectivity index (χ1v) is 11.0. The number of nitrogens with zero attached hydrogens (tertiary/aromatic N) is 1. The van der Waals surface area contributed by atoms with Crippen molar-refractivity contribution in [1.29, 1.82) is 0 Å². The molecule has 0 saturated carbocycles. The molecule has 1 saturated heterocycles. The van der Waals surface area contributed by atoms with Crippen LogP contribution in [0.1, 0.15) is 11.1 Å². The van der Waals surface area contributed by atoms with Crippen molar-refractivity contribution in [3.63, 3.8) is 0 Å². The number of carbonyl (C=O) groups is 3. The van der Waals surface area contributed by atoms with E-state index in [-0.39, 0.29) is 24.0 Å².